The first-order chi connectivity index (χ1) is 17.0. The molecule has 35 heavy (non-hydrogen) atoms. The zero-order chi connectivity index (χ0) is 25.6. The predicted molar refractivity (Wildman–Crippen MR) is 137 cm³/mol. The molecule has 1 aromatic rings. The van der Waals surface area contributed by atoms with Gasteiger partial charge < -0.3 is 28.6 Å². The number of carbonyl (C=O) groups excluding carboxylic acids is 1. The van der Waals surface area contributed by atoms with E-state index in [1.165, 1.54) is 0 Å². The van der Waals surface area contributed by atoms with Crippen LogP contribution < -0.4 is 4.74 Å². The Morgan fingerprint density at radius 1 is 1.06 bits per heavy atom. The standard InChI is InChI=1S/C25H29NO4.C3H6O2/c1-26-14-13-19-16-25(30-5)24(29-4)12-10-18(19)9-11-22(23(26)17-27-2)20-7-6-8-21(15-20)28-3;1-2-5-3-4/h6-9,11-12,15-16H,13-14,17H2,1-5H3;3H,2H2,1H3/b11-9+,23-22+;. The van der Waals surface area contributed by atoms with Crippen molar-refractivity contribution in [1.82, 2.24) is 4.90 Å². The zero-order valence-electron chi connectivity index (χ0n) is 21.4. The van der Waals surface area contributed by atoms with Gasteiger partial charge in [-0.1, -0.05) is 18.2 Å². The number of ether oxygens (including phenoxy) is 5. The molecule has 0 unspecified atom stereocenters. The first-order valence-corrected chi connectivity index (χ1v) is 11.3. The Morgan fingerprint density at radius 3 is 2.43 bits per heavy atom. The zero-order valence-corrected chi connectivity index (χ0v) is 21.4. The van der Waals surface area contributed by atoms with Gasteiger partial charge in [-0.05, 0) is 48.8 Å². The molecule has 1 aliphatic carbocycles. The van der Waals surface area contributed by atoms with Gasteiger partial charge >= 0.3 is 0 Å². The van der Waals surface area contributed by atoms with Gasteiger partial charge in [0, 0.05) is 43.6 Å². The SMILES string of the molecule is CCOC=O.COC/C1=C(c2cccc(OC)c2)/C=C/C2=C=CC(OC)=C(OC)C=C2CCN1C. The summed E-state index contributed by atoms with van der Waals surface area (Å²) in [5.41, 5.74) is 8.80. The van der Waals surface area contributed by atoms with Crippen molar-refractivity contribution in [2.75, 3.05) is 55.2 Å². The second-order valence-electron chi connectivity index (χ2n) is 7.59. The van der Waals surface area contributed by atoms with E-state index in [4.69, 9.17) is 18.9 Å². The highest BCUT2D eigenvalue weighted by Crippen LogP contribution is 2.31. The Labute approximate surface area is 208 Å². The Morgan fingerprint density at radius 2 is 1.83 bits per heavy atom. The molecule has 0 atom stereocenters. The van der Waals surface area contributed by atoms with Crippen molar-refractivity contribution >= 4 is 12.0 Å². The fourth-order valence-electron chi connectivity index (χ4n) is 3.63. The summed E-state index contributed by atoms with van der Waals surface area (Å²) in [6, 6.07) is 8.08. The van der Waals surface area contributed by atoms with Gasteiger partial charge in [0.2, 0.25) is 0 Å². The van der Waals surface area contributed by atoms with E-state index in [9.17, 15) is 4.79 Å². The van der Waals surface area contributed by atoms with Crippen LogP contribution in [0.4, 0.5) is 0 Å². The van der Waals surface area contributed by atoms with Gasteiger partial charge in [-0.15, -0.1) is 5.73 Å². The van der Waals surface area contributed by atoms with E-state index in [2.05, 4.69) is 40.6 Å². The van der Waals surface area contributed by atoms with Crippen molar-refractivity contribution in [3.63, 3.8) is 0 Å². The summed E-state index contributed by atoms with van der Waals surface area (Å²) in [7, 11) is 8.79. The molecule has 1 aromatic carbocycles. The number of nitrogens with zero attached hydrogens (tertiary/aromatic N) is 1. The van der Waals surface area contributed by atoms with Crippen LogP contribution in [0.1, 0.15) is 18.9 Å². The summed E-state index contributed by atoms with van der Waals surface area (Å²) in [6.45, 7) is 4.00. The minimum atomic E-state index is 0.431. The van der Waals surface area contributed by atoms with Crippen LogP contribution in [0.5, 0.6) is 5.75 Å². The van der Waals surface area contributed by atoms with E-state index in [0.717, 1.165) is 46.7 Å². The third kappa shape index (κ3) is 7.67. The molecule has 0 aromatic heterocycles. The molecule has 0 fully saturated rings. The van der Waals surface area contributed by atoms with Crippen LogP contribution in [0.3, 0.4) is 0 Å². The molecule has 188 valence electrons. The average molecular weight is 482 g/mol. The molecule has 1 aliphatic heterocycles. The molecule has 0 saturated heterocycles. The number of rotatable bonds is 8. The van der Waals surface area contributed by atoms with Crippen molar-refractivity contribution in [2.24, 2.45) is 0 Å². The molecule has 0 N–H and O–H groups in total. The first kappa shape index (κ1) is 27.6. The van der Waals surface area contributed by atoms with E-state index >= 15 is 0 Å². The van der Waals surface area contributed by atoms with Crippen molar-refractivity contribution < 1.29 is 28.5 Å². The number of allylic oxidation sites excluding steroid dienone is 5. The smallest absolute Gasteiger partial charge is 0.293 e. The molecule has 0 saturated carbocycles. The topological polar surface area (TPSA) is 66.5 Å². The highest BCUT2D eigenvalue weighted by molar-refractivity contribution is 5.78. The number of hydrogen-bond donors (Lipinski definition) is 0. The summed E-state index contributed by atoms with van der Waals surface area (Å²) in [6.07, 6.45) is 8.92. The van der Waals surface area contributed by atoms with Gasteiger partial charge in [0.15, 0.2) is 11.5 Å². The predicted octanol–water partition coefficient (Wildman–Crippen LogP) is 4.65. The lowest BCUT2D eigenvalue weighted by atomic mass is 9.99. The molecule has 1 heterocycles. The van der Waals surface area contributed by atoms with Gasteiger partial charge in [-0.3, -0.25) is 4.79 Å². The maximum atomic E-state index is 9.18. The van der Waals surface area contributed by atoms with E-state index < -0.39 is 0 Å². The summed E-state index contributed by atoms with van der Waals surface area (Å²) in [5.74, 6) is 2.18. The summed E-state index contributed by atoms with van der Waals surface area (Å²) >= 11 is 0. The molecule has 0 spiro atoms. The van der Waals surface area contributed by atoms with Crippen LogP contribution in [-0.2, 0) is 23.7 Å². The van der Waals surface area contributed by atoms with Crippen LogP contribution in [0, 0.1) is 0 Å². The van der Waals surface area contributed by atoms with Crippen molar-refractivity contribution in [3.05, 3.63) is 88.2 Å². The Balaban J connectivity index is 0.000000784. The lowest BCUT2D eigenvalue weighted by Crippen LogP contribution is -2.23. The highest BCUT2D eigenvalue weighted by Gasteiger charge is 2.18. The molecule has 0 bridgehead atoms. The van der Waals surface area contributed by atoms with Crippen molar-refractivity contribution in [1.29, 1.82) is 0 Å². The second kappa shape index (κ2) is 14.6. The molecule has 3 rings (SSSR count). The summed E-state index contributed by atoms with van der Waals surface area (Å²) < 4.78 is 26.1. The minimum Gasteiger partial charge on any atom is -0.497 e. The van der Waals surface area contributed by atoms with E-state index in [1.54, 1.807) is 35.4 Å². The number of likely N-dealkylation sites (N-methyl/N-ethyl adjacent to an activating group) is 1. The second-order valence-corrected chi connectivity index (χ2v) is 7.59. The van der Waals surface area contributed by atoms with Crippen LogP contribution in [0.2, 0.25) is 0 Å². The lowest BCUT2D eigenvalue weighted by Gasteiger charge is -2.25. The highest BCUT2D eigenvalue weighted by atomic mass is 16.5. The Bertz CT molecular complexity index is 1060. The normalized spacial score (nSPS) is 18.3. The van der Waals surface area contributed by atoms with Gasteiger partial charge in [-0.2, -0.15) is 0 Å². The molecular weight excluding hydrogens is 446 g/mol. The van der Waals surface area contributed by atoms with E-state index in [-0.39, 0.29) is 0 Å². The first-order valence-electron chi connectivity index (χ1n) is 11.3. The third-order valence-corrected chi connectivity index (χ3v) is 5.49. The quantitative estimate of drug-likeness (QED) is 0.396. The van der Waals surface area contributed by atoms with E-state index in [1.807, 2.05) is 30.4 Å². The van der Waals surface area contributed by atoms with Gasteiger partial charge in [0.05, 0.1) is 34.5 Å². The van der Waals surface area contributed by atoms with Gasteiger partial charge in [-0.25, -0.2) is 0 Å². The fourth-order valence-corrected chi connectivity index (χ4v) is 3.63. The van der Waals surface area contributed by atoms with Crippen LogP contribution in [0.25, 0.3) is 5.57 Å². The lowest BCUT2D eigenvalue weighted by molar-refractivity contribution is -0.128. The molecular formula is C28H35NO6. The molecule has 7 heteroatoms. The monoisotopic (exact) mass is 481 g/mol. The number of carbonyl (C=O) groups is 1. The number of hydrogen-bond acceptors (Lipinski definition) is 7. The minimum absolute atomic E-state index is 0.431. The van der Waals surface area contributed by atoms with Crippen LogP contribution >= 0.6 is 0 Å². The summed E-state index contributed by atoms with van der Waals surface area (Å²) in [5, 5.41) is 0. The number of methoxy groups -OCH3 is 4. The number of benzene rings is 1. The largest absolute Gasteiger partial charge is 0.497 e. The molecule has 2 aliphatic rings. The number of fused-ring (bicyclic) bond motifs is 1. The van der Waals surface area contributed by atoms with Crippen molar-refractivity contribution in [3.8, 4) is 5.75 Å². The van der Waals surface area contributed by atoms with Crippen LogP contribution in [-0.4, -0.2) is 66.6 Å². The maximum absolute atomic E-state index is 9.18. The third-order valence-electron chi connectivity index (χ3n) is 5.49. The Hall–Kier alpha value is -3.67. The van der Waals surface area contributed by atoms with E-state index in [0.29, 0.717) is 31.2 Å². The molecule has 7 nitrogen and oxygen atoms in total. The van der Waals surface area contributed by atoms with Gasteiger partial charge in [0.1, 0.15) is 5.75 Å². The van der Waals surface area contributed by atoms with Gasteiger partial charge in [0.25, 0.3) is 6.47 Å². The van der Waals surface area contributed by atoms with Crippen LogP contribution in [0.15, 0.2) is 82.7 Å². The average Bonchev–Trinajstić information content (AvgIpc) is 3.02. The maximum Gasteiger partial charge on any atom is 0.293 e. The summed E-state index contributed by atoms with van der Waals surface area (Å²) in [4.78, 5) is 11.4. The fraction of sp³-hybridized carbons (Fsp3) is 0.357. The molecule has 0 amide bonds. The van der Waals surface area contributed by atoms with Crippen molar-refractivity contribution in [2.45, 2.75) is 13.3 Å². The molecule has 0 radical (unpaired) electrons. The Kier molecular flexibility index (Phi) is 11.5.